The summed E-state index contributed by atoms with van der Waals surface area (Å²) in [5.74, 6) is 1.18. The predicted octanol–water partition coefficient (Wildman–Crippen LogP) is 3.77. The van der Waals surface area contributed by atoms with Gasteiger partial charge in [0.25, 0.3) is 0 Å². The predicted molar refractivity (Wildman–Crippen MR) is 72.2 cm³/mol. The van der Waals surface area contributed by atoms with Gasteiger partial charge in [-0.1, -0.05) is 12.5 Å². The molecule has 3 rings (SSSR count). The molecule has 0 spiro atoms. The number of hydrogen-bond acceptors (Lipinski definition) is 1. The van der Waals surface area contributed by atoms with Crippen LogP contribution in [0, 0.1) is 18.7 Å². The number of rotatable bonds is 4. The van der Waals surface area contributed by atoms with Crippen molar-refractivity contribution in [1.29, 1.82) is 0 Å². The highest BCUT2D eigenvalue weighted by molar-refractivity contribution is 5.28. The van der Waals surface area contributed by atoms with E-state index in [9.17, 15) is 4.39 Å². The van der Waals surface area contributed by atoms with Gasteiger partial charge in [0.15, 0.2) is 0 Å². The Bertz CT molecular complexity index is 405. The lowest BCUT2D eigenvalue weighted by atomic mass is 9.88. The summed E-state index contributed by atoms with van der Waals surface area (Å²) in [7, 11) is 0. The van der Waals surface area contributed by atoms with Crippen LogP contribution in [0.4, 0.5) is 4.39 Å². The Hall–Kier alpha value is -0.890. The van der Waals surface area contributed by atoms with E-state index in [1.807, 2.05) is 6.92 Å². The third-order valence-corrected chi connectivity index (χ3v) is 4.40. The van der Waals surface area contributed by atoms with Gasteiger partial charge in [-0.05, 0) is 74.2 Å². The van der Waals surface area contributed by atoms with Crippen molar-refractivity contribution >= 4 is 0 Å². The molecule has 2 heteroatoms. The van der Waals surface area contributed by atoms with Gasteiger partial charge in [0.2, 0.25) is 0 Å². The molecule has 2 fully saturated rings. The fourth-order valence-electron chi connectivity index (χ4n) is 3.30. The highest BCUT2D eigenvalue weighted by Crippen LogP contribution is 2.40. The highest BCUT2D eigenvalue weighted by Gasteiger charge is 2.30. The molecule has 2 saturated carbocycles. The standard InChI is InChI=1S/C16H22FN/c1-11-7-13(9-14(17)8-11)16-4-2-3-12(16)10-18-15-5-6-15/h7-9,12,15-16,18H,2-6,10H2,1H3. The van der Waals surface area contributed by atoms with E-state index in [-0.39, 0.29) is 5.82 Å². The van der Waals surface area contributed by atoms with Crippen LogP contribution in [-0.4, -0.2) is 12.6 Å². The van der Waals surface area contributed by atoms with Crippen molar-refractivity contribution < 1.29 is 4.39 Å². The minimum Gasteiger partial charge on any atom is -0.314 e. The maximum Gasteiger partial charge on any atom is 0.123 e. The number of halogens is 1. The number of benzene rings is 1. The van der Waals surface area contributed by atoms with Crippen LogP contribution in [0.2, 0.25) is 0 Å². The van der Waals surface area contributed by atoms with Crippen molar-refractivity contribution in [2.24, 2.45) is 5.92 Å². The molecule has 1 aromatic rings. The van der Waals surface area contributed by atoms with E-state index in [2.05, 4.69) is 11.4 Å². The van der Waals surface area contributed by atoms with E-state index in [4.69, 9.17) is 0 Å². The normalized spacial score (nSPS) is 27.7. The molecule has 2 unspecified atom stereocenters. The topological polar surface area (TPSA) is 12.0 Å². The largest absolute Gasteiger partial charge is 0.314 e. The number of hydrogen-bond donors (Lipinski definition) is 1. The van der Waals surface area contributed by atoms with Crippen LogP contribution >= 0.6 is 0 Å². The van der Waals surface area contributed by atoms with Gasteiger partial charge in [0.1, 0.15) is 5.82 Å². The van der Waals surface area contributed by atoms with E-state index in [1.54, 1.807) is 12.1 Å². The quantitative estimate of drug-likeness (QED) is 0.854. The average molecular weight is 247 g/mol. The van der Waals surface area contributed by atoms with Gasteiger partial charge < -0.3 is 5.32 Å². The van der Waals surface area contributed by atoms with E-state index >= 15 is 0 Å². The first-order chi connectivity index (χ1) is 8.72. The molecule has 98 valence electrons. The third-order valence-electron chi connectivity index (χ3n) is 4.40. The first kappa shape index (κ1) is 12.2. The molecule has 0 amide bonds. The summed E-state index contributed by atoms with van der Waals surface area (Å²) >= 11 is 0. The molecule has 2 aliphatic carbocycles. The summed E-state index contributed by atoms with van der Waals surface area (Å²) in [4.78, 5) is 0. The van der Waals surface area contributed by atoms with Crippen molar-refractivity contribution in [1.82, 2.24) is 5.32 Å². The van der Waals surface area contributed by atoms with Crippen molar-refractivity contribution in [3.8, 4) is 0 Å². The van der Waals surface area contributed by atoms with Gasteiger partial charge in [0, 0.05) is 6.04 Å². The Morgan fingerprint density at radius 2 is 2.00 bits per heavy atom. The Morgan fingerprint density at radius 3 is 2.72 bits per heavy atom. The van der Waals surface area contributed by atoms with Crippen LogP contribution in [0.3, 0.4) is 0 Å². The lowest BCUT2D eigenvalue weighted by molar-refractivity contribution is 0.441. The van der Waals surface area contributed by atoms with Crippen LogP contribution in [0.25, 0.3) is 0 Å². The van der Waals surface area contributed by atoms with Gasteiger partial charge in [-0.25, -0.2) is 4.39 Å². The highest BCUT2D eigenvalue weighted by atomic mass is 19.1. The zero-order valence-corrected chi connectivity index (χ0v) is 11.1. The molecular formula is C16H22FN. The van der Waals surface area contributed by atoms with Gasteiger partial charge in [-0.2, -0.15) is 0 Å². The summed E-state index contributed by atoms with van der Waals surface area (Å²) in [6.07, 6.45) is 6.49. The molecule has 0 aliphatic heterocycles. The van der Waals surface area contributed by atoms with Gasteiger partial charge in [-0.3, -0.25) is 0 Å². The van der Waals surface area contributed by atoms with E-state index in [0.29, 0.717) is 11.8 Å². The zero-order chi connectivity index (χ0) is 12.5. The summed E-state index contributed by atoms with van der Waals surface area (Å²) < 4.78 is 13.5. The molecule has 0 aromatic heterocycles. The minimum absolute atomic E-state index is 0.0780. The summed E-state index contributed by atoms with van der Waals surface area (Å²) in [6.45, 7) is 3.10. The minimum atomic E-state index is -0.0780. The van der Waals surface area contributed by atoms with Crippen LogP contribution in [0.15, 0.2) is 18.2 Å². The van der Waals surface area contributed by atoms with Gasteiger partial charge >= 0.3 is 0 Å². The molecular weight excluding hydrogens is 225 g/mol. The maximum absolute atomic E-state index is 13.5. The molecule has 0 heterocycles. The second kappa shape index (κ2) is 5.00. The number of aryl methyl sites for hydroxylation is 1. The fraction of sp³-hybridized carbons (Fsp3) is 0.625. The molecule has 1 N–H and O–H groups in total. The van der Waals surface area contributed by atoms with Gasteiger partial charge in [0.05, 0.1) is 0 Å². The molecule has 0 radical (unpaired) electrons. The Balaban J connectivity index is 1.71. The molecule has 0 saturated heterocycles. The lowest BCUT2D eigenvalue weighted by Gasteiger charge is -2.21. The fourth-order valence-corrected chi connectivity index (χ4v) is 3.30. The molecule has 1 aromatic carbocycles. The van der Waals surface area contributed by atoms with Gasteiger partial charge in [-0.15, -0.1) is 0 Å². The second-order valence-corrected chi connectivity index (χ2v) is 6.04. The van der Waals surface area contributed by atoms with Crippen LogP contribution < -0.4 is 5.32 Å². The van der Waals surface area contributed by atoms with Crippen molar-refractivity contribution in [2.75, 3.05) is 6.54 Å². The number of nitrogens with one attached hydrogen (secondary N) is 1. The molecule has 0 bridgehead atoms. The Labute approximate surface area is 109 Å². The summed E-state index contributed by atoms with van der Waals surface area (Å²) in [5, 5.41) is 3.63. The van der Waals surface area contributed by atoms with Crippen LogP contribution in [-0.2, 0) is 0 Å². The molecule has 1 nitrogen and oxygen atoms in total. The van der Waals surface area contributed by atoms with E-state index in [1.165, 1.54) is 37.7 Å². The molecule has 2 aliphatic rings. The zero-order valence-electron chi connectivity index (χ0n) is 11.1. The van der Waals surface area contributed by atoms with E-state index < -0.39 is 0 Å². The first-order valence-electron chi connectivity index (χ1n) is 7.23. The Kier molecular flexibility index (Phi) is 3.38. The monoisotopic (exact) mass is 247 g/mol. The average Bonchev–Trinajstić information content (AvgIpc) is 3.02. The van der Waals surface area contributed by atoms with Crippen molar-refractivity contribution in [3.63, 3.8) is 0 Å². The summed E-state index contributed by atoms with van der Waals surface area (Å²) in [6, 6.07) is 6.31. The van der Waals surface area contributed by atoms with Crippen LogP contribution in [0.5, 0.6) is 0 Å². The van der Waals surface area contributed by atoms with Crippen molar-refractivity contribution in [2.45, 2.75) is 51.0 Å². The van der Waals surface area contributed by atoms with E-state index in [0.717, 1.165) is 18.2 Å². The molecule has 2 atom stereocenters. The maximum atomic E-state index is 13.5. The Morgan fingerprint density at radius 1 is 1.17 bits per heavy atom. The summed E-state index contributed by atoms with van der Waals surface area (Å²) in [5.41, 5.74) is 2.26. The molecule has 18 heavy (non-hydrogen) atoms. The first-order valence-corrected chi connectivity index (χ1v) is 7.23. The smallest absolute Gasteiger partial charge is 0.123 e. The van der Waals surface area contributed by atoms with Crippen molar-refractivity contribution in [3.05, 3.63) is 35.1 Å². The lowest BCUT2D eigenvalue weighted by Crippen LogP contribution is -2.26. The van der Waals surface area contributed by atoms with Crippen LogP contribution in [0.1, 0.15) is 49.1 Å². The third kappa shape index (κ3) is 2.74. The SMILES string of the molecule is Cc1cc(F)cc(C2CCCC2CNC2CC2)c1. The second-order valence-electron chi connectivity index (χ2n) is 6.04.